The van der Waals surface area contributed by atoms with E-state index in [1.54, 1.807) is 0 Å². The van der Waals surface area contributed by atoms with E-state index in [9.17, 15) is 0 Å². The van der Waals surface area contributed by atoms with Gasteiger partial charge in [-0.05, 0) is 49.4 Å². The number of hydrogen-bond donors (Lipinski definition) is 2. The molecule has 1 unspecified atom stereocenters. The standard InChI is InChI=1S/C18H27N5OS/c1-14-5-3-9-23(12-14)13-15-6-2-7-16(11-15)24-10-4-8-20-18-22-21-17(19)25-18/h2,6-7,11,14H,3-5,8-10,12-13H2,1H3,(H2,19,21)(H,20,22). The van der Waals surface area contributed by atoms with Crippen molar-refractivity contribution in [1.82, 2.24) is 15.1 Å². The maximum Gasteiger partial charge on any atom is 0.207 e. The molecule has 1 aromatic carbocycles. The van der Waals surface area contributed by atoms with Gasteiger partial charge in [-0.15, -0.1) is 10.2 Å². The van der Waals surface area contributed by atoms with E-state index in [1.165, 1.54) is 42.8 Å². The number of rotatable bonds is 8. The molecule has 25 heavy (non-hydrogen) atoms. The summed E-state index contributed by atoms with van der Waals surface area (Å²) in [6.07, 6.45) is 3.56. The first-order valence-electron chi connectivity index (χ1n) is 8.96. The molecule has 136 valence electrons. The van der Waals surface area contributed by atoms with Crippen LogP contribution in [0.15, 0.2) is 24.3 Å². The molecule has 6 nitrogen and oxygen atoms in total. The average molecular weight is 362 g/mol. The van der Waals surface area contributed by atoms with Gasteiger partial charge in [-0.2, -0.15) is 0 Å². The van der Waals surface area contributed by atoms with Gasteiger partial charge in [-0.3, -0.25) is 4.90 Å². The van der Waals surface area contributed by atoms with Gasteiger partial charge in [-0.1, -0.05) is 30.4 Å². The Morgan fingerprint density at radius 1 is 1.40 bits per heavy atom. The Hall–Kier alpha value is -1.86. The molecule has 3 rings (SSSR count). The van der Waals surface area contributed by atoms with Crippen LogP contribution in [0.3, 0.4) is 0 Å². The fraction of sp³-hybridized carbons (Fsp3) is 0.556. The molecule has 0 aliphatic carbocycles. The quantitative estimate of drug-likeness (QED) is 0.703. The lowest BCUT2D eigenvalue weighted by molar-refractivity contribution is 0.176. The van der Waals surface area contributed by atoms with E-state index < -0.39 is 0 Å². The van der Waals surface area contributed by atoms with Crippen LogP contribution in [0.25, 0.3) is 0 Å². The zero-order valence-electron chi connectivity index (χ0n) is 14.8. The summed E-state index contributed by atoms with van der Waals surface area (Å²) in [7, 11) is 0. The van der Waals surface area contributed by atoms with Crippen molar-refractivity contribution in [3.05, 3.63) is 29.8 Å². The van der Waals surface area contributed by atoms with E-state index in [-0.39, 0.29) is 0 Å². The fourth-order valence-corrected chi connectivity index (χ4v) is 3.72. The van der Waals surface area contributed by atoms with Crippen LogP contribution in [0.2, 0.25) is 0 Å². The number of ether oxygens (including phenoxy) is 1. The summed E-state index contributed by atoms with van der Waals surface area (Å²) >= 11 is 1.36. The highest BCUT2D eigenvalue weighted by Gasteiger charge is 2.16. The van der Waals surface area contributed by atoms with E-state index in [1.807, 2.05) is 6.07 Å². The molecular weight excluding hydrogens is 334 g/mol. The second-order valence-corrected chi connectivity index (χ2v) is 7.71. The van der Waals surface area contributed by atoms with Crippen molar-refractivity contribution in [2.24, 2.45) is 5.92 Å². The number of nitrogens with zero attached hydrogens (tertiary/aromatic N) is 3. The zero-order chi connectivity index (χ0) is 17.5. The summed E-state index contributed by atoms with van der Waals surface area (Å²) < 4.78 is 5.88. The lowest BCUT2D eigenvalue weighted by Crippen LogP contribution is -2.33. The van der Waals surface area contributed by atoms with Gasteiger partial charge in [0.15, 0.2) is 0 Å². The van der Waals surface area contributed by atoms with Crippen molar-refractivity contribution < 1.29 is 4.74 Å². The Morgan fingerprint density at radius 2 is 2.32 bits per heavy atom. The number of benzene rings is 1. The molecule has 1 atom stereocenters. The first-order chi connectivity index (χ1) is 12.2. The van der Waals surface area contributed by atoms with E-state index in [4.69, 9.17) is 10.5 Å². The van der Waals surface area contributed by atoms with Gasteiger partial charge in [-0.25, -0.2) is 0 Å². The van der Waals surface area contributed by atoms with Gasteiger partial charge in [0.05, 0.1) is 6.61 Å². The third-order valence-corrected chi connectivity index (χ3v) is 5.06. The van der Waals surface area contributed by atoms with Crippen molar-refractivity contribution in [1.29, 1.82) is 0 Å². The third-order valence-electron chi connectivity index (χ3n) is 4.35. The van der Waals surface area contributed by atoms with Gasteiger partial charge >= 0.3 is 0 Å². The predicted octanol–water partition coefficient (Wildman–Crippen LogP) is 3.23. The van der Waals surface area contributed by atoms with Gasteiger partial charge in [0.2, 0.25) is 10.3 Å². The van der Waals surface area contributed by atoms with Crippen LogP contribution in [0.5, 0.6) is 5.75 Å². The van der Waals surface area contributed by atoms with Crippen LogP contribution in [0.4, 0.5) is 10.3 Å². The average Bonchev–Trinajstić information content (AvgIpc) is 3.00. The minimum Gasteiger partial charge on any atom is -0.494 e. The molecule has 1 fully saturated rings. The highest BCUT2D eigenvalue weighted by molar-refractivity contribution is 7.18. The Labute approximate surface area is 153 Å². The summed E-state index contributed by atoms with van der Waals surface area (Å²) in [6.45, 7) is 7.23. The van der Waals surface area contributed by atoms with Gasteiger partial charge < -0.3 is 15.8 Å². The normalized spacial score (nSPS) is 18.2. The largest absolute Gasteiger partial charge is 0.494 e. The maximum absolute atomic E-state index is 5.88. The molecule has 0 amide bonds. The Kier molecular flexibility index (Phi) is 6.47. The molecule has 1 aliphatic rings. The molecule has 0 saturated carbocycles. The number of likely N-dealkylation sites (tertiary alicyclic amines) is 1. The van der Waals surface area contributed by atoms with Crippen molar-refractivity contribution in [2.45, 2.75) is 32.7 Å². The maximum atomic E-state index is 5.88. The molecule has 2 heterocycles. The van der Waals surface area contributed by atoms with Gasteiger partial charge in [0.1, 0.15) is 5.75 Å². The van der Waals surface area contributed by atoms with Crippen LogP contribution < -0.4 is 15.8 Å². The lowest BCUT2D eigenvalue weighted by atomic mass is 10.00. The van der Waals surface area contributed by atoms with Gasteiger partial charge in [0, 0.05) is 19.6 Å². The Balaban J connectivity index is 1.39. The highest BCUT2D eigenvalue weighted by Crippen LogP contribution is 2.20. The fourth-order valence-electron chi connectivity index (χ4n) is 3.19. The molecule has 0 radical (unpaired) electrons. The highest BCUT2D eigenvalue weighted by atomic mass is 32.1. The first kappa shape index (κ1) is 17.9. The summed E-state index contributed by atoms with van der Waals surface area (Å²) in [5.74, 6) is 1.76. The predicted molar refractivity (Wildman–Crippen MR) is 103 cm³/mol. The number of aromatic nitrogens is 2. The smallest absolute Gasteiger partial charge is 0.207 e. The lowest BCUT2D eigenvalue weighted by Gasteiger charge is -2.30. The van der Waals surface area contributed by atoms with Crippen molar-refractivity contribution in [3.8, 4) is 5.75 Å². The summed E-state index contributed by atoms with van der Waals surface area (Å²) in [5, 5.41) is 12.1. The number of nitrogen functional groups attached to an aromatic ring is 1. The monoisotopic (exact) mass is 361 g/mol. The van der Waals surface area contributed by atoms with Crippen LogP contribution in [0.1, 0.15) is 31.7 Å². The number of piperidine rings is 1. The molecule has 1 aromatic heterocycles. The number of nitrogens with one attached hydrogen (secondary N) is 1. The van der Waals surface area contributed by atoms with Crippen molar-refractivity contribution >= 4 is 21.6 Å². The van der Waals surface area contributed by atoms with Crippen LogP contribution in [0, 0.1) is 5.92 Å². The SMILES string of the molecule is CC1CCCN(Cc2cccc(OCCCNc3nnc(N)s3)c2)C1. The second kappa shape index (κ2) is 9.01. The molecule has 0 bridgehead atoms. The van der Waals surface area contributed by atoms with Crippen LogP contribution >= 0.6 is 11.3 Å². The topological polar surface area (TPSA) is 76.3 Å². The number of anilines is 2. The Morgan fingerprint density at radius 3 is 3.12 bits per heavy atom. The summed E-state index contributed by atoms with van der Waals surface area (Å²) in [4.78, 5) is 2.55. The number of nitrogens with two attached hydrogens (primary N) is 1. The molecule has 3 N–H and O–H groups in total. The zero-order valence-corrected chi connectivity index (χ0v) is 15.6. The molecule has 2 aromatic rings. The van der Waals surface area contributed by atoms with E-state index in [0.29, 0.717) is 11.7 Å². The number of hydrogen-bond acceptors (Lipinski definition) is 7. The molecule has 1 saturated heterocycles. The molecule has 7 heteroatoms. The third kappa shape index (κ3) is 5.86. The van der Waals surface area contributed by atoms with Gasteiger partial charge in [0.25, 0.3) is 0 Å². The minimum atomic E-state index is 0.485. The summed E-state index contributed by atoms with van der Waals surface area (Å²) in [5.41, 5.74) is 6.88. The minimum absolute atomic E-state index is 0.485. The van der Waals surface area contributed by atoms with Crippen LogP contribution in [-0.2, 0) is 6.54 Å². The first-order valence-corrected chi connectivity index (χ1v) is 9.77. The van der Waals surface area contributed by atoms with E-state index >= 15 is 0 Å². The second-order valence-electron chi connectivity index (χ2n) is 6.70. The Bertz CT molecular complexity index is 662. The van der Waals surface area contributed by atoms with E-state index in [0.717, 1.165) is 36.3 Å². The molecular formula is C18H27N5OS. The van der Waals surface area contributed by atoms with Crippen LogP contribution in [-0.4, -0.2) is 41.3 Å². The molecule has 0 spiro atoms. The molecule has 1 aliphatic heterocycles. The van der Waals surface area contributed by atoms with Crippen molar-refractivity contribution in [2.75, 3.05) is 37.3 Å². The summed E-state index contributed by atoms with van der Waals surface area (Å²) in [6, 6.07) is 8.47. The van der Waals surface area contributed by atoms with E-state index in [2.05, 4.69) is 45.5 Å². The van der Waals surface area contributed by atoms with Crippen molar-refractivity contribution in [3.63, 3.8) is 0 Å².